The van der Waals surface area contributed by atoms with Gasteiger partial charge in [0.1, 0.15) is 5.01 Å². The molecule has 0 saturated carbocycles. The van der Waals surface area contributed by atoms with Crippen molar-refractivity contribution in [2.24, 2.45) is 0 Å². The highest BCUT2D eigenvalue weighted by atomic mass is 35.5. The Bertz CT molecular complexity index is 899. The quantitative estimate of drug-likeness (QED) is 0.583. The van der Waals surface area contributed by atoms with Crippen LogP contribution in [0.3, 0.4) is 0 Å². The number of anilines is 1. The minimum absolute atomic E-state index is 0.0778. The molecule has 0 fully saturated rings. The third-order valence-corrected chi connectivity index (χ3v) is 5.41. The summed E-state index contributed by atoms with van der Waals surface area (Å²) in [6, 6.07) is 15.1. The number of rotatable bonds is 6. The lowest BCUT2D eigenvalue weighted by Crippen LogP contribution is -2.20. The van der Waals surface area contributed by atoms with Gasteiger partial charge >= 0.3 is 0 Å². The molecule has 0 aliphatic rings. The first-order valence-electron chi connectivity index (χ1n) is 8.19. The van der Waals surface area contributed by atoms with E-state index >= 15 is 0 Å². The molecule has 26 heavy (non-hydrogen) atoms. The second kappa shape index (κ2) is 8.62. The van der Waals surface area contributed by atoms with Crippen molar-refractivity contribution < 1.29 is 4.79 Å². The smallest absolute Gasteiger partial charge is 0.233 e. The standard InChI is InChI=1S/C19H17Cl2N3OS/c1-2-15(12-6-4-3-5-7-12)18(25)22-19-24-23-17(26-19)10-13-8-9-14(20)11-16(13)21/h3-9,11,15H,2,10H2,1H3,(H,22,24,25)/t15-/m0/s1. The van der Waals surface area contributed by atoms with Gasteiger partial charge in [-0.15, -0.1) is 10.2 Å². The first kappa shape index (κ1) is 18.8. The predicted octanol–water partition coefficient (Wildman–Crippen LogP) is 5.57. The van der Waals surface area contributed by atoms with E-state index in [1.54, 1.807) is 12.1 Å². The number of halogens is 2. The molecule has 1 heterocycles. The van der Waals surface area contributed by atoms with Crippen LogP contribution >= 0.6 is 34.5 Å². The summed E-state index contributed by atoms with van der Waals surface area (Å²) in [6.07, 6.45) is 1.25. The molecule has 1 amide bonds. The van der Waals surface area contributed by atoms with E-state index in [1.807, 2.05) is 43.3 Å². The van der Waals surface area contributed by atoms with Crippen LogP contribution < -0.4 is 5.32 Å². The Morgan fingerprint density at radius 1 is 1.15 bits per heavy atom. The van der Waals surface area contributed by atoms with E-state index in [-0.39, 0.29) is 11.8 Å². The maximum Gasteiger partial charge on any atom is 0.233 e. The summed E-state index contributed by atoms with van der Waals surface area (Å²) in [7, 11) is 0. The van der Waals surface area contributed by atoms with E-state index < -0.39 is 0 Å². The molecule has 3 rings (SSSR count). The van der Waals surface area contributed by atoms with Gasteiger partial charge in [0.2, 0.25) is 11.0 Å². The van der Waals surface area contributed by atoms with Crippen LogP contribution in [0, 0.1) is 0 Å². The van der Waals surface area contributed by atoms with Crippen LogP contribution in [0.4, 0.5) is 5.13 Å². The summed E-state index contributed by atoms with van der Waals surface area (Å²) in [4.78, 5) is 12.6. The van der Waals surface area contributed by atoms with Crippen molar-refractivity contribution in [2.75, 3.05) is 5.32 Å². The molecule has 3 aromatic rings. The summed E-state index contributed by atoms with van der Waals surface area (Å²) in [5.41, 5.74) is 1.91. The molecule has 2 aromatic carbocycles. The molecule has 1 atom stereocenters. The number of amides is 1. The minimum atomic E-state index is -0.214. The van der Waals surface area contributed by atoms with Crippen LogP contribution in [-0.4, -0.2) is 16.1 Å². The van der Waals surface area contributed by atoms with Crippen molar-refractivity contribution in [3.63, 3.8) is 0 Å². The van der Waals surface area contributed by atoms with E-state index in [1.165, 1.54) is 11.3 Å². The summed E-state index contributed by atoms with van der Waals surface area (Å²) < 4.78 is 0. The summed E-state index contributed by atoms with van der Waals surface area (Å²) >= 11 is 13.5. The SMILES string of the molecule is CC[C@H](C(=O)Nc1nnc(Cc2ccc(Cl)cc2Cl)s1)c1ccccc1. The largest absolute Gasteiger partial charge is 0.300 e. The molecule has 1 aromatic heterocycles. The van der Waals surface area contributed by atoms with Crippen LogP contribution in [-0.2, 0) is 11.2 Å². The zero-order chi connectivity index (χ0) is 18.5. The molecule has 1 N–H and O–H groups in total. The predicted molar refractivity (Wildman–Crippen MR) is 107 cm³/mol. The second-order valence-corrected chi connectivity index (χ2v) is 7.68. The van der Waals surface area contributed by atoms with Gasteiger partial charge in [-0.3, -0.25) is 10.1 Å². The highest BCUT2D eigenvalue weighted by Crippen LogP contribution is 2.27. The van der Waals surface area contributed by atoms with Crippen LogP contribution in [0.5, 0.6) is 0 Å². The van der Waals surface area contributed by atoms with Crippen molar-refractivity contribution in [3.05, 3.63) is 74.7 Å². The van der Waals surface area contributed by atoms with Crippen molar-refractivity contribution in [3.8, 4) is 0 Å². The normalized spacial score (nSPS) is 12.0. The molecule has 0 saturated heterocycles. The Labute approximate surface area is 166 Å². The summed E-state index contributed by atoms with van der Waals surface area (Å²) in [5.74, 6) is -0.291. The Morgan fingerprint density at radius 3 is 2.62 bits per heavy atom. The number of nitrogens with zero attached hydrogens (tertiary/aromatic N) is 2. The molecule has 134 valence electrons. The van der Waals surface area contributed by atoms with Gasteiger partial charge in [0, 0.05) is 16.5 Å². The average molecular weight is 406 g/mol. The van der Waals surface area contributed by atoms with Gasteiger partial charge in [-0.2, -0.15) is 0 Å². The molecular formula is C19H17Cl2N3OS. The fraction of sp³-hybridized carbons (Fsp3) is 0.211. The third kappa shape index (κ3) is 4.61. The van der Waals surface area contributed by atoms with Gasteiger partial charge in [0.05, 0.1) is 5.92 Å². The molecule has 0 unspecified atom stereocenters. The molecule has 0 aliphatic heterocycles. The number of carbonyl (C=O) groups excluding carboxylic acids is 1. The van der Waals surface area contributed by atoms with Gasteiger partial charge in [-0.1, -0.05) is 77.9 Å². The number of carbonyl (C=O) groups is 1. The number of hydrogen-bond acceptors (Lipinski definition) is 4. The molecule has 0 spiro atoms. The van der Waals surface area contributed by atoms with E-state index in [0.29, 0.717) is 28.0 Å². The van der Waals surface area contributed by atoms with Crippen molar-refractivity contribution in [1.82, 2.24) is 10.2 Å². The monoisotopic (exact) mass is 405 g/mol. The maximum absolute atomic E-state index is 12.6. The fourth-order valence-electron chi connectivity index (χ4n) is 2.65. The number of aromatic nitrogens is 2. The topological polar surface area (TPSA) is 54.9 Å². The fourth-order valence-corrected chi connectivity index (χ4v) is 3.89. The van der Waals surface area contributed by atoms with Gasteiger partial charge in [0.15, 0.2) is 0 Å². The Hall–Kier alpha value is -1.95. The molecular weight excluding hydrogens is 389 g/mol. The van der Waals surface area contributed by atoms with Crippen molar-refractivity contribution in [1.29, 1.82) is 0 Å². The van der Waals surface area contributed by atoms with Gasteiger partial charge < -0.3 is 0 Å². The van der Waals surface area contributed by atoms with Gasteiger partial charge in [-0.05, 0) is 29.7 Å². The lowest BCUT2D eigenvalue weighted by atomic mass is 9.96. The Morgan fingerprint density at radius 2 is 1.92 bits per heavy atom. The molecule has 0 aliphatic carbocycles. The highest BCUT2D eigenvalue weighted by molar-refractivity contribution is 7.15. The van der Waals surface area contributed by atoms with E-state index in [9.17, 15) is 4.79 Å². The van der Waals surface area contributed by atoms with E-state index in [4.69, 9.17) is 23.2 Å². The van der Waals surface area contributed by atoms with Crippen LogP contribution in [0.1, 0.15) is 35.4 Å². The highest BCUT2D eigenvalue weighted by Gasteiger charge is 2.20. The molecule has 7 heteroatoms. The summed E-state index contributed by atoms with van der Waals surface area (Å²) in [5, 5.41) is 13.5. The van der Waals surface area contributed by atoms with Gasteiger partial charge in [0.25, 0.3) is 0 Å². The van der Waals surface area contributed by atoms with Crippen LogP contribution in [0.2, 0.25) is 10.0 Å². The Balaban J connectivity index is 1.68. The van der Waals surface area contributed by atoms with Crippen molar-refractivity contribution in [2.45, 2.75) is 25.7 Å². The lowest BCUT2D eigenvalue weighted by molar-refractivity contribution is -0.117. The first-order valence-corrected chi connectivity index (χ1v) is 9.76. The average Bonchev–Trinajstić information content (AvgIpc) is 3.06. The van der Waals surface area contributed by atoms with Crippen LogP contribution in [0.15, 0.2) is 48.5 Å². The number of hydrogen-bond donors (Lipinski definition) is 1. The first-order chi connectivity index (χ1) is 12.6. The molecule has 4 nitrogen and oxygen atoms in total. The van der Waals surface area contributed by atoms with Gasteiger partial charge in [-0.25, -0.2) is 0 Å². The number of benzene rings is 2. The maximum atomic E-state index is 12.6. The second-order valence-electron chi connectivity index (χ2n) is 5.77. The zero-order valence-electron chi connectivity index (χ0n) is 14.1. The molecule has 0 radical (unpaired) electrons. The Kier molecular flexibility index (Phi) is 6.25. The lowest BCUT2D eigenvalue weighted by Gasteiger charge is -2.13. The third-order valence-electron chi connectivity index (χ3n) is 3.98. The molecule has 0 bridgehead atoms. The van der Waals surface area contributed by atoms with Crippen molar-refractivity contribution >= 4 is 45.6 Å². The number of nitrogens with one attached hydrogen (secondary N) is 1. The van der Waals surface area contributed by atoms with Crippen LogP contribution in [0.25, 0.3) is 0 Å². The van der Waals surface area contributed by atoms with E-state index in [0.717, 1.165) is 16.1 Å². The summed E-state index contributed by atoms with van der Waals surface area (Å²) in [6.45, 7) is 1.99. The zero-order valence-corrected chi connectivity index (χ0v) is 16.4. The minimum Gasteiger partial charge on any atom is -0.300 e. The van der Waals surface area contributed by atoms with E-state index in [2.05, 4.69) is 15.5 Å².